The van der Waals surface area contributed by atoms with Crippen molar-refractivity contribution in [2.75, 3.05) is 38.1 Å². The number of rotatable bonds is 12. The van der Waals surface area contributed by atoms with Crippen LogP contribution in [0.1, 0.15) is 40.1 Å². The van der Waals surface area contributed by atoms with Crippen LogP contribution in [0.2, 0.25) is 0 Å². The van der Waals surface area contributed by atoms with E-state index in [9.17, 15) is 9.59 Å². The summed E-state index contributed by atoms with van der Waals surface area (Å²) < 4.78 is 6.58. The van der Waals surface area contributed by atoms with E-state index >= 15 is 0 Å². The second-order valence-corrected chi connectivity index (χ2v) is 8.90. The lowest BCUT2D eigenvalue weighted by atomic mass is 10.1. The zero-order valence-corrected chi connectivity index (χ0v) is 21.8. The molecule has 6 nitrogen and oxygen atoms in total. The number of anilines is 1. The number of halogens is 1. The minimum atomic E-state index is -0.238. The first-order valence-electron chi connectivity index (χ1n) is 11.9. The molecule has 0 saturated carbocycles. The van der Waals surface area contributed by atoms with E-state index in [-0.39, 0.29) is 11.8 Å². The van der Waals surface area contributed by atoms with Crippen LogP contribution in [0, 0.1) is 0 Å². The maximum absolute atomic E-state index is 12.7. The largest absolute Gasteiger partial charge is 0.492 e. The van der Waals surface area contributed by atoms with Gasteiger partial charge in [0.25, 0.3) is 11.8 Å². The topological polar surface area (TPSA) is 70.7 Å². The van der Waals surface area contributed by atoms with E-state index in [1.54, 1.807) is 42.5 Å². The fourth-order valence-corrected chi connectivity index (χ4v) is 4.05. The van der Waals surface area contributed by atoms with Gasteiger partial charge in [0.15, 0.2) is 0 Å². The Labute approximate surface area is 215 Å². The van der Waals surface area contributed by atoms with Crippen molar-refractivity contribution in [2.24, 2.45) is 0 Å². The van der Waals surface area contributed by atoms with Crippen LogP contribution < -0.4 is 15.4 Å². The lowest BCUT2D eigenvalue weighted by Gasteiger charge is -2.18. The summed E-state index contributed by atoms with van der Waals surface area (Å²) in [6, 6.07) is 22.3. The molecule has 0 spiro atoms. The summed E-state index contributed by atoms with van der Waals surface area (Å²) in [5.41, 5.74) is 2.89. The molecule has 0 radical (unpaired) electrons. The number of amides is 2. The van der Waals surface area contributed by atoms with E-state index in [0.717, 1.165) is 30.5 Å². The molecule has 0 bridgehead atoms. The van der Waals surface area contributed by atoms with E-state index < -0.39 is 0 Å². The predicted octanol–water partition coefficient (Wildman–Crippen LogP) is 5.39. The van der Waals surface area contributed by atoms with Crippen molar-refractivity contribution < 1.29 is 14.3 Å². The third kappa shape index (κ3) is 8.23. The first kappa shape index (κ1) is 26.4. The van der Waals surface area contributed by atoms with Crippen molar-refractivity contribution in [3.05, 3.63) is 94.0 Å². The van der Waals surface area contributed by atoms with E-state index in [1.165, 1.54) is 5.56 Å². The highest BCUT2D eigenvalue weighted by atomic mass is 79.9. The highest BCUT2D eigenvalue weighted by Crippen LogP contribution is 2.26. The Hall–Kier alpha value is -3.16. The molecule has 0 aliphatic rings. The number of hydrogen-bond acceptors (Lipinski definition) is 4. The van der Waals surface area contributed by atoms with Gasteiger partial charge >= 0.3 is 0 Å². The highest BCUT2D eigenvalue weighted by molar-refractivity contribution is 9.10. The van der Waals surface area contributed by atoms with Crippen molar-refractivity contribution in [3.8, 4) is 5.75 Å². The first-order chi connectivity index (χ1) is 17.0. The highest BCUT2D eigenvalue weighted by Gasteiger charge is 2.11. The Morgan fingerprint density at radius 2 is 1.57 bits per heavy atom. The average Bonchev–Trinajstić information content (AvgIpc) is 2.88. The Morgan fingerprint density at radius 3 is 2.23 bits per heavy atom. The van der Waals surface area contributed by atoms with Gasteiger partial charge in [-0.15, -0.1) is 0 Å². The van der Waals surface area contributed by atoms with Crippen LogP contribution in [0.15, 0.2) is 77.3 Å². The molecule has 0 aliphatic heterocycles. The lowest BCUT2D eigenvalue weighted by Crippen LogP contribution is -2.34. The molecule has 3 aromatic carbocycles. The summed E-state index contributed by atoms with van der Waals surface area (Å²) in [6.07, 6.45) is 0.805. The summed E-state index contributed by atoms with van der Waals surface area (Å²) >= 11 is 3.50. The van der Waals surface area contributed by atoms with Gasteiger partial charge in [-0.25, -0.2) is 0 Å². The van der Waals surface area contributed by atoms with Crippen molar-refractivity contribution in [3.63, 3.8) is 0 Å². The summed E-state index contributed by atoms with van der Waals surface area (Å²) in [5.74, 6) is 0.327. The number of carbonyl (C=O) groups excluding carboxylic acids is 2. The summed E-state index contributed by atoms with van der Waals surface area (Å²) in [4.78, 5) is 27.3. The molecule has 0 saturated heterocycles. The lowest BCUT2D eigenvalue weighted by molar-refractivity contribution is 0.0948. The van der Waals surface area contributed by atoms with Crippen LogP contribution in [-0.2, 0) is 6.42 Å². The zero-order valence-electron chi connectivity index (χ0n) is 20.2. The monoisotopic (exact) mass is 537 g/mol. The standard InChI is InChI=1S/C28H32BrN3O3/c1-3-32(4-2)18-17-30-27(33)22-10-13-24(14-11-22)31-28(34)23-12-15-26(25(29)20-23)35-19-16-21-8-6-5-7-9-21/h5-15,20H,3-4,16-19H2,1-2H3,(H,30,33)(H,31,34). The maximum Gasteiger partial charge on any atom is 0.255 e. The van der Waals surface area contributed by atoms with Crippen molar-refractivity contribution in [1.82, 2.24) is 10.2 Å². The van der Waals surface area contributed by atoms with Crippen LogP contribution in [0.5, 0.6) is 5.75 Å². The number of likely N-dealkylation sites (N-methyl/N-ethyl adjacent to an activating group) is 1. The van der Waals surface area contributed by atoms with Crippen LogP contribution >= 0.6 is 15.9 Å². The fraction of sp³-hybridized carbons (Fsp3) is 0.286. The Morgan fingerprint density at radius 1 is 0.886 bits per heavy atom. The zero-order chi connectivity index (χ0) is 25.0. The minimum absolute atomic E-state index is 0.123. The fourth-order valence-electron chi connectivity index (χ4n) is 3.56. The molecule has 3 rings (SSSR count). The van der Waals surface area contributed by atoms with Gasteiger partial charge in [-0.1, -0.05) is 44.2 Å². The van der Waals surface area contributed by atoms with Gasteiger partial charge in [0.05, 0.1) is 11.1 Å². The van der Waals surface area contributed by atoms with Crippen molar-refractivity contribution in [1.29, 1.82) is 0 Å². The van der Waals surface area contributed by atoms with Gasteiger partial charge in [0.2, 0.25) is 0 Å². The smallest absolute Gasteiger partial charge is 0.255 e. The second-order valence-electron chi connectivity index (χ2n) is 8.04. The normalized spacial score (nSPS) is 10.7. The Bertz CT molecular complexity index is 1100. The number of nitrogens with one attached hydrogen (secondary N) is 2. The number of benzene rings is 3. The quantitative estimate of drug-likeness (QED) is 0.324. The van der Waals surface area contributed by atoms with Crippen LogP contribution in [0.3, 0.4) is 0 Å². The van der Waals surface area contributed by atoms with E-state index in [2.05, 4.69) is 57.4 Å². The molecule has 0 unspecified atom stereocenters. The average molecular weight is 538 g/mol. The van der Waals surface area contributed by atoms with E-state index in [1.807, 2.05) is 18.2 Å². The second kappa shape index (κ2) is 13.7. The van der Waals surface area contributed by atoms with E-state index in [0.29, 0.717) is 35.7 Å². The number of ether oxygens (including phenoxy) is 1. The molecule has 2 N–H and O–H groups in total. The molecular weight excluding hydrogens is 506 g/mol. The van der Waals surface area contributed by atoms with Crippen LogP contribution in [-0.4, -0.2) is 49.5 Å². The third-order valence-electron chi connectivity index (χ3n) is 5.70. The number of carbonyl (C=O) groups is 2. The summed E-state index contributed by atoms with van der Waals surface area (Å²) in [7, 11) is 0. The Balaban J connectivity index is 1.49. The molecule has 184 valence electrons. The first-order valence-corrected chi connectivity index (χ1v) is 12.7. The molecule has 3 aromatic rings. The Kier molecular flexibility index (Phi) is 10.3. The molecule has 0 aliphatic carbocycles. The minimum Gasteiger partial charge on any atom is -0.492 e. The SMILES string of the molecule is CCN(CC)CCNC(=O)c1ccc(NC(=O)c2ccc(OCCc3ccccc3)c(Br)c2)cc1. The molecule has 35 heavy (non-hydrogen) atoms. The van der Waals surface area contributed by atoms with Crippen molar-refractivity contribution in [2.45, 2.75) is 20.3 Å². The third-order valence-corrected chi connectivity index (χ3v) is 6.32. The van der Waals surface area contributed by atoms with Gasteiger partial charge in [0, 0.05) is 36.3 Å². The number of hydrogen-bond donors (Lipinski definition) is 2. The van der Waals surface area contributed by atoms with Gasteiger partial charge in [-0.3, -0.25) is 9.59 Å². The molecule has 2 amide bonds. The maximum atomic E-state index is 12.7. The molecule has 0 aromatic heterocycles. The molecular formula is C28H32BrN3O3. The number of nitrogens with zero attached hydrogens (tertiary/aromatic N) is 1. The van der Waals surface area contributed by atoms with Gasteiger partial charge in [0.1, 0.15) is 5.75 Å². The van der Waals surface area contributed by atoms with Gasteiger partial charge < -0.3 is 20.3 Å². The predicted molar refractivity (Wildman–Crippen MR) is 144 cm³/mol. The van der Waals surface area contributed by atoms with Crippen LogP contribution in [0.25, 0.3) is 0 Å². The van der Waals surface area contributed by atoms with Gasteiger partial charge in [-0.2, -0.15) is 0 Å². The molecule has 7 heteroatoms. The van der Waals surface area contributed by atoms with Crippen LogP contribution in [0.4, 0.5) is 5.69 Å². The van der Waals surface area contributed by atoms with Crippen molar-refractivity contribution >= 4 is 33.4 Å². The molecule has 0 heterocycles. The van der Waals surface area contributed by atoms with Gasteiger partial charge in [-0.05, 0) is 77.0 Å². The molecule has 0 atom stereocenters. The summed E-state index contributed by atoms with van der Waals surface area (Å²) in [5, 5.41) is 5.80. The summed E-state index contributed by atoms with van der Waals surface area (Å²) in [6.45, 7) is 8.09. The molecule has 0 fully saturated rings. The van der Waals surface area contributed by atoms with E-state index in [4.69, 9.17) is 4.74 Å².